The Morgan fingerprint density at radius 1 is 1.23 bits per heavy atom. The van der Waals surface area contributed by atoms with Crippen LogP contribution in [0.15, 0.2) is 34.7 Å². The zero-order valence-electron chi connectivity index (χ0n) is 17.6. The maximum Gasteiger partial charge on any atom is 0.229 e. The molecular formula is C23H29N3O4. The van der Waals surface area contributed by atoms with Gasteiger partial charge in [0.05, 0.1) is 24.8 Å². The molecule has 30 heavy (non-hydrogen) atoms. The molecule has 1 aromatic carbocycles. The molecule has 1 N–H and O–H groups in total. The van der Waals surface area contributed by atoms with Gasteiger partial charge in [-0.3, -0.25) is 9.59 Å². The van der Waals surface area contributed by atoms with Crippen LogP contribution < -0.4 is 0 Å². The number of aryl methyl sites for hydroxylation is 1. The minimum Gasteiger partial charge on any atom is -0.441 e. The van der Waals surface area contributed by atoms with Crippen molar-refractivity contribution in [1.82, 2.24) is 14.8 Å². The Kier molecular flexibility index (Phi) is 5.64. The topological polar surface area (TPSA) is 86.9 Å². The second-order valence-electron chi connectivity index (χ2n) is 8.51. The number of fused-ring (bicyclic) bond motifs is 1. The fourth-order valence-electron chi connectivity index (χ4n) is 4.89. The molecule has 0 bridgehead atoms. The number of oxazole rings is 1. The summed E-state index contributed by atoms with van der Waals surface area (Å²) >= 11 is 0. The number of hydrogen-bond donors (Lipinski definition) is 1. The van der Waals surface area contributed by atoms with Gasteiger partial charge in [0, 0.05) is 37.5 Å². The number of nitrogens with zero attached hydrogens (tertiary/aromatic N) is 3. The monoisotopic (exact) mass is 411 g/mol. The predicted molar refractivity (Wildman–Crippen MR) is 112 cm³/mol. The molecule has 0 radical (unpaired) electrons. The number of hydrogen-bond acceptors (Lipinski definition) is 5. The number of carbonyl (C=O) groups is 2. The SMILES string of the molecule is CC(=O)N1CC[C@]2(CO)CCCN(C(=O)Cc3nc(-c4ccccc4)oc3C)[C@H]2C1. The van der Waals surface area contributed by atoms with Gasteiger partial charge in [-0.25, -0.2) is 4.98 Å². The Morgan fingerprint density at radius 3 is 2.70 bits per heavy atom. The van der Waals surface area contributed by atoms with Crippen molar-refractivity contribution in [2.75, 3.05) is 26.2 Å². The Hall–Kier alpha value is -2.67. The van der Waals surface area contributed by atoms with E-state index < -0.39 is 0 Å². The summed E-state index contributed by atoms with van der Waals surface area (Å²) < 4.78 is 5.81. The quantitative estimate of drug-likeness (QED) is 0.835. The van der Waals surface area contributed by atoms with E-state index in [-0.39, 0.29) is 36.3 Å². The number of rotatable bonds is 4. The van der Waals surface area contributed by atoms with Crippen LogP contribution in [0.3, 0.4) is 0 Å². The second-order valence-corrected chi connectivity index (χ2v) is 8.51. The van der Waals surface area contributed by atoms with E-state index in [2.05, 4.69) is 4.98 Å². The third-order valence-corrected chi connectivity index (χ3v) is 6.74. The van der Waals surface area contributed by atoms with Crippen molar-refractivity contribution in [2.45, 2.75) is 45.6 Å². The molecule has 2 saturated heterocycles. The highest BCUT2D eigenvalue weighted by Crippen LogP contribution is 2.42. The Bertz CT molecular complexity index is 926. The Balaban J connectivity index is 1.55. The van der Waals surface area contributed by atoms with Crippen LogP contribution in [0, 0.1) is 12.3 Å². The minimum absolute atomic E-state index is 0.0133. The van der Waals surface area contributed by atoms with Crippen molar-refractivity contribution >= 4 is 11.8 Å². The molecule has 2 aliphatic rings. The van der Waals surface area contributed by atoms with Gasteiger partial charge >= 0.3 is 0 Å². The van der Waals surface area contributed by atoms with Gasteiger partial charge in [0.25, 0.3) is 0 Å². The summed E-state index contributed by atoms with van der Waals surface area (Å²) in [5.74, 6) is 1.14. The number of likely N-dealkylation sites (tertiary alicyclic amines) is 2. The van der Waals surface area contributed by atoms with Gasteiger partial charge in [0.2, 0.25) is 17.7 Å². The fraction of sp³-hybridized carbons (Fsp3) is 0.522. The van der Waals surface area contributed by atoms with Crippen molar-refractivity contribution in [1.29, 1.82) is 0 Å². The molecular weight excluding hydrogens is 382 g/mol. The highest BCUT2D eigenvalue weighted by atomic mass is 16.4. The zero-order chi connectivity index (χ0) is 21.3. The fourth-order valence-corrected chi connectivity index (χ4v) is 4.89. The van der Waals surface area contributed by atoms with Crippen LogP contribution in [0.25, 0.3) is 11.5 Å². The van der Waals surface area contributed by atoms with E-state index >= 15 is 0 Å². The van der Waals surface area contributed by atoms with E-state index in [1.807, 2.05) is 42.2 Å². The average molecular weight is 412 g/mol. The van der Waals surface area contributed by atoms with Crippen molar-refractivity contribution in [3.05, 3.63) is 41.8 Å². The lowest BCUT2D eigenvalue weighted by atomic mass is 9.69. The number of aromatic nitrogens is 1. The molecule has 0 saturated carbocycles. The molecule has 4 rings (SSSR count). The molecule has 2 aromatic rings. The van der Waals surface area contributed by atoms with Crippen LogP contribution in [0.5, 0.6) is 0 Å². The number of aliphatic hydroxyl groups is 1. The van der Waals surface area contributed by atoms with Crippen molar-refractivity contribution in [3.8, 4) is 11.5 Å². The molecule has 0 spiro atoms. The average Bonchev–Trinajstić information content (AvgIpc) is 3.13. The zero-order valence-corrected chi connectivity index (χ0v) is 17.6. The van der Waals surface area contributed by atoms with Crippen LogP contribution in [-0.2, 0) is 16.0 Å². The first kappa shape index (κ1) is 20.6. The lowest BCUT2D eigenvalue weighted by molar-refractivity contribution is -0.152. The molecule has 2 aliphatic heterocycles. The van der Waals surface area contributed by atoms with E-state index in [1.54, 1.807) is 11.8 Å². The third-order valence-electron chi connectivity index (χ3n) is 6.74. The van der Waals surface area contributed by atoms with Crippen molar-refractivity contribution in [3.63, 3.8) is 0 Å². The molecule has 2 amide bonds. The third kappa shape index (κ3) is 3.74. The minimum atomic E-state index is -0.325. The number of benzene rings is 1. The largest absolute Gasteiger partial charge is 0.441 e. The molecule has 1 aromatic heterocycles. The van der Waals surface area contributed by atoms with Gasteiger partial charge < -0.3 is 19.3 Å². The first-order chi connectivity index (χ1) is 14.4. The molecule has 7 nitrogen and oxygen atoms in total. The lowest BCUT2D eigenvalue weighted by Gasteiger charge is -2.54. The number of amides is 2. The lowest BCUT2D eigenvalue weighted by Crippen LogP contribution is -2.64. The Morgan fingerprint density at radius 2 is 2.00 bits per heavy atom. The summed E-state index contributed by atoms with van der Waals surface area (Å²) in [4.78, 5) is 33.5. The van der Waals surface area contributed by atoms with E-state index in [4.69, 9.17) is 4.42 Å². The number of carbonyl (C=O) groups excluding carboxylic acids is 2. The highest BCUT2D eigenvalue weighted by molar-refractivity contribution is 5.80. The number of aliphatic hydroxyl groups excluding tert-OH is 1. The highest BCUT2D eigenvalue weighted by Gasteiger charge is 2.49. The Labute approximate surface area is 176 Å². The molecule has 160 valence electrons. The smallest absolute Gasteiger partial charge is 0.229 e. The standard InChI is InChI=1S/C23H29N3O4/c1-16-19(24-22(30-16)18-7-4-3-5-8-18)13-21(29)26-11-6-9-23(15-27)10-12-25(17(2)28)14-20(23)26/h3-5,7-8,20,27H,6,9-15H2,1-2H3/t20-,23-/m0/s1. The second kappa shape index (κ2) is 8.22. The first-order valence-corrected chi connectivity index (χ1v) is 10.6. The maximum absolute atomic E-state index is 13.3. The van der Waals surface area contributed by atoms with E-state index in [1.165, 1.54) is 0 Å². The molecule has 7 heteroatoms. The van der Waals surface area contributed by atoms with Crippen molar-refractivity contribution < 1.29 is 19.1 Å². The van der Waals surface area contributed by atoms with E-state index in [0.29, 0.717) is 37.0 Å². The van der Waals surface area contributed by atoms with Gasteiger partial charge in [0.15, 0.2) is 0 Å². The van der Waals surface area contributed by atoms with Gasteiger partial charge in [-0.15, -0.1) is 0 Å². The van der Waals surface area contributed by atoms with Crippen molar-refractivity contribution in [2.24, 2.45) is 5.41 Å². The van der Waals surface area contributed by atoms with E-state index in [0.717, 1.165) is 24.8 Å². The van der Waals surface area contributed by atoms with Crippen LogP contribution in [0.1, 0.15) is 37.6 Å². The van der Waals surface area contributed by atoms with Gasteiger partial charge in [-0.2, -0.15) is 0 Å². The van der Waals surface area contributed by atoms with Crippen LogP contribution in [0.2, 0.25) is 0 Å². The summed E-state index contributed by atoms with van der Waals surface area (Å²) in [6.07, 6.45) is 2.61. The van der Waals surface area contributed by atoms with Gasteiger partial charge in [-0.1, -0.05) is 18.2 Å². The summed E-state index contributed by atoms with van der Waals surface area (Å²) in [5, 5.41) is 10.2. The van der Waals surface area contributed by atoms with E-state index in [9.17, 15) is 14.7 Å². The molecule has 2 atom stereocenters. The summed E-state index contributed by atoms with van der Waals surface area (Å²) in [5.41, 5.74) is 1.19. The summed E-state index contributed by atoms with van der Waals surface area (Å²) in [6, 6.07) is 9.46. The molecule has 3 heterocycles. The number of piperidine rings is 2. The van der Waals surface area contributed by atoms with Gasteiger partial charge in [-0.05, 0) is 38.3 Å². The predicted octanol–water partition coefficient (Wildman–Crippen LogP) is 2.41. The van der Waals surface area contributed by atoms with Crippen LogP contribution >= 0.6 is 0 Å². The first-order valence-electron chi connectivity index (χ1n) is 10.6. The molecule has 0 aliphatic carbocycles. The van der Waals surface area contributed by atoms with Gasteiger partial charge in [0.1, 0.15) is 5.76 Å². The maximum atomic E-state index is 13.3. The normalized spacial score (nSPS) is 23.9. The molecule has 0 unspecified atom stereocenters. The molecule has 2 fully saturated rings. The summed E-state index contributed by atoms with van der Waals surface area (Å²) in [7, 11) is 0. The van der Waals surface area contributed by atoms with Crippen LogP contribution in [-0.4, -0.2) is 64.0 Å². The van der Waals surface area contributed by atoms with Crippen LogP contribution in [0.4, 0.5) is 0 Å². The summed E-state index contributed by atoms with van der Waals surface area (Å²) in [6.45, 7) is 5.18.